The van der Waals surface area contributed by atoms with Crippen LogP contribution >= 0.6 is 11.6 Å². The third-order valence-corrected chi connectivity index (χ3v) is 5.84. The number of nitrogens with zero attached hydrogens (tertiary/aromatic N) is 4. The first-order valence-corrected chi connectivity index (χ1v) is 10.1. The van der Waals surface area contributed by atoms with Crippen molar-refractivity contribution >= 4 is 22.9 Å². The maximum absolute atomic E-state index is 13.0. The number of benzene rings is 1. The predicted octanol–water partition coefficient (Wildman–Crippen LogP) is 3.33. The number of rotatable bonds is 4. The average molecular weight is 397 g/mol. The molecule has 28 heavy (non-hydrogen) atoms. The Morgan fingerprint density at radius 3 is 2.43 bits per heavy atom. The van der Waals surface area contributed by atoms with Crippen LogP contribution in [0.5, 0.6) is 0 Å². The van der Waals surface area contributed by atoms with Crippen LogP contribution in [0.4, 0.5) is 5.69 Å². The van der Waals surface area contributed by atoms with Gasteiger partial charge in [0.2, 0.25) is 0 Å². The fraction of sp³-hybridized carbons (Fsp3) is 0.364. The normalized spacial score (nSPS) is 15.3. The molecule has 0 saturated carbocycles. The minimum absolute atomic E-state index is 0.0698. The lowest BCUT2D eigenvalue weighted by atomic mass is 10.1. The molecule has 0 bridgehead atoms. The van der Waals surface area contributed by atoms with Crippen molar-refractivity contribution in [1.29, 1.82) is 0 Å². The maximum Gasteiger partial charge on any atom is 0.261 e. The van der Waals surface area contributed by atoms with Gasteiger partial charge in [0.1, 0.15) is 5.65 Å². The number of hydrogen-bond donors (Lipinski definition) is 0. The van der Waals surface area contributed by atoms with Crippen molar-refractivity contribution in [1.82, 2.24) is 14.3 Å². The van der Waals surface area contributed by atoms with Crippen LogP contribution in [0.15, 0.2) is 47.3 Å². The van der Waals surface area contributed by atoms with Crippen LogP contribution in [0, 0.1) is 13.8 Å². The Kier molecular flexibility index (Phi) is 5.38. The molecule has 1 aliphatic heterocycles. The molecule has 1 aliphatic rings. The van der Waals surface area contributed by atoms with Gasteiger partial charge in [0.25, 0.3) is 5.56 Å². The summed E-state index contributed by atoms with van der Waals surface area (Å²) in [5.41, 5.74) is 4.60. The standard InChI is InChI=1S/C22H25ClN4O/c1-16-4-3-5-21-24-17(2)20(22(28)27(16)21)10-11-25-12-14-26(15-13-25)19-8-6-18(23)7-9-19/h3-9H,10-15H2,1-2H3. The van der Waals surface area contributed by atoms with Gasteiger partial charge >= 0.3 is 0 Å². The third kappa shape index (κ3) is 3.77. The highest BCUT2D eigenvalue weighted by Gasteiger charge is 2.18. The van der Waals surface area contributed by atoms with Gasteiger partial charge in [-0.2, -0.15) is 0 Å². The molecule has 1 fully saturated rings. The Morgan fingerprint density at radius 1 is 1.00 bits per heavy atom. The Balaban J connectivity index is 1.42. The van der Waals surface area contributed by atoms with E-state index < -0.39 is 0 Å². The number of hydrogen-bond acceptors (Lipinski definition) is 4. The molecule has 6 heteroatoms. The fourth-order valence-corrected chi connectivity index (χ4v) is 4.05. The number of halogens is 1. The van der Waals surface area contributed by atoms with E-state index in [4.69, 9.17) is 11.6 Å². The lowest BCUT2D eigenvalue weighted by Gasteiger charge is -2.36. The van der Waals surface area contributed by atoms with Crippen LogP contribution in [0.1, 0.15) is 17.0 Å². The van der Waals surface area contributed by atoms with Gasteiger partial charge in [0.05, 0.1) is 0 Å². The van der Waals surface area contributed by atoms with E-state index in [1.54, 1.807) is 4.40 Å². The molecular formula is C22H25ClN4O. The highest BCUT2D eigenvalue weighted by Crippen LogP contribution is 2.19. The van der Waals surface area contributed by atoms with Crippen molar-refractivity contribution in [3.05, 3.63) is 74.8 Å². The lowest BCUT2D eigenvalue weighted by Crippen LogP contribution is -2.47. The minimum Gasteiger partial charge on any atom is -0.369 e. The molecule has 0 radical (unpaired) electrons. The maximum atomic E-state index is 13.0. The zero-order valence-corrected chi connectivity index (χ0v) is 17.1. The number of anilines is 1. The van der Waals surface area contributed by atoms with Crippen LogP contribution in [0.25, 0.3) is 5.65 Å². The Hall–Kier alpha value is -2.37. The Labute approximate surface area is 170 Å². The van der Waals surface area contributed by atoms with Gasteiger partial charge in [0, 0.05) is 60.4 Å². The van der Waals surface area contributed by atoms with E-state index in [0.29, 0.717) is 0 Å². The van der Waals surface area contributed by atoms with Gasteiger partial charge in [0.15, 0.2) is 0 Å². The smallest absolute Gasteiger partial charge is 0.261 e. The Bertz CT molecular complexity index is 1040. The molecule has 0 unspecified atom stereocenters. The van der Waals surface area contributed by atoms with E-state index >= 15 is 0 Å². The summed E-state index contributed by atoms with van der Waals surface area (Å²) in [7, 11) is 0. The minimum atomic E-state index is 0.0698. The molecule has 0 atom stereocenters. The van der Waals surface area contributed by atoms with Crippen molar-refractivity contribution in [2.24, 2.45) is 0 Å². The SMILES string of the molecule is Cc1nc2cccc(C)n2c(=O)c1CCN1CCN(c2ccc(Cl)cc2)CC1. The van der Waals surface area contributed by atoms with Crippen molar-refractivity contribution in [3.63, 3.8) is 0 Å². The van der Waals surface area contributed by atoms with Crippen LogP contribution in [0.2, 0.25) is 5.02 Å². The number of pyridine rings is 1. The molecule has 1 saturated heterocycles. The van der Waals surface area contributed by atoms with E-state index in [9.17, 15) is 4.79 Å². The molecule has 3 heterocycles. The second-order valence-corrected chi connectivity index (χ2v) is 7.83. The van der Waals surface area contributed by atoms with Gasteiger partial charge in [-0.15, -0.1) is 0 Å². The van der Waals surface area contributed by atoms with E-state index in [2.05, 4.69) is 26.9 Å². The fourth-order valence-electron chi connectivity index (χ4n) is 3.92. The molecule has 0 aliphatic carbocycles. The number of aryl methyl sites for hydroxylation is 2. The van der Waals surface area contributed by atoms with Crippen LogP contribution in [-0.2, 0) is 6.42 Å². The van der Waals surface area contributed by atoms with Crippen molar-refractivity contribution in [2.75, 3.05) is 37.6 Å². The van der Waals surface area contributed by atoms with Gasteiger partial charge in [-0.1, -0.05) is 17.7 Å². The van der Waals surface area contributed by atoms with Crippen molar-refractivity contribution in [2.45, 2.75) is 20.3 Å². The zero-order valence-electron chi connectivity index (χ0n) is 16.4. The topological polar surface area (TPSA) is 40.9 Å². The van der Waals surface area contributed by atoms with Gasteiger partial charge < -0.3 is 4.90 Å². The highest BCUT2D eigenvalue weighted by atomic mass is 35.5. The summed E-state index contributed by atoms with van der Waals surface area (Å²) in [6, 6.07) is 13.8. The summed E-state index contributed by atoms with van der Waals surface area (Å²) >= 11 is 5.99. The molecule has 4 rings (SSSR count). The molecule has 0 N–H and O–H groups in total. The Morgan fingerprint density at radius 2 is 1.71 bits per heavy atom. The first kappa shape index (κ1) is 19.0. The average Bonchev–Trinajstić information content (AvgIpc) is 2.69. The third-order valence-electron chi connectivity index (χ3n) is 5.59. The second-order valence-electron chi connectivity index (χ2n) is 7.40. The molecule has 1 aromatic carbocycles. The summed E-state index contributed by atoms with van der Waals surface area (Å²) < 4.78 is 1.72. The van der Waals surface area contributed by atoms with Crippen LogP contribution in [0.3, 0.4) is 0 Å². The van der Waals surface area contributed by atoms with E-state index in [0.717, 1.165) is 66.8 Å². The molecular weight excluding hydrogens is 372 g/mol. The number of piperazine rings is 1. The largest absolute Gasteiger partial charge is 0.369 e. The summed E-state index contributed by atoms with van der Waals surface area (Å²) in [6.45, 7) is 8.71. The van der Waals surface area contributed by atoms with E-state index in [1.807, 2.05) is 44.2 Å². The summed E-state index contributed by atoms with van der Waals surface area (Å²) in [6.07, 6.45) is 0.732. The monoisotopic (exact) mass is 396 g/mol. The van der Waals surface area contributed by atoms with Crippen molar-refractivity contribution in [3.8, 4) is 0 Å². The van der Waals surface area contributed by atoms with Crippen LogP contribution in [-0.4, -0.2) is 47.0 Å². The first-order chi connectivity index (χ1) is 13.5. The van der Waals surface area contributed by atoms with E-state index in [1.165, 1.54) is 5.69 Å². The lowest BCUT2D eigenvalue weighted by molar-refractivity contribution is 0.260. The number of aromatic nitrogens is 2. The number of fused-ring (bicyclic) bond motifs is 1. The molecule has 2 aromatic heterocycles. The van der Waals surface area contributed by atoms with Gasteiger partial charge in [-0.25, -0.2) is 4.98 Å². The van der Waals surface area contributed by atoms with Gasteiger partial charge in [-0.05, 0) is 56.7 Å². The molecule has 146 valence electrons. The second kappa shape index (κ2) is 7.94. The van der Waals surface area contributed by atoms with Crippen molar-refractivity contribution < 1.29 is 0 Å². The molecule has 5 nitrogen and oxygen atoms in total. The summed E-state index contributed by atoms with van der Waals surface area (Å²) in [5.74, 6) is 0. The van der Waals surface area contributed by atoms with Gasteiger partial charge in [-0.3, -0.25) is 14.1 Å². The highest BCUT2D eigenvalue weighted by molar-refractivity contribution is 6.30. The first-order valence-electron chi connectivity index (χ1n) is 9.73. The van der Waals surface area contributed by atoms with Crippen LogP contribution < -0.4 is 10.5 Å². The predicted molar refractivity (Wildman–Crippen MR) is 115 cm³/mol. The molecule has 0 spiro atoms. The summed E-state index contributed by atoms with van der Waals surface area (Å²) in [4.78, 5) is 22.4. The quantitative estimate of drug-likeness (QED) is 0.678. The molecule has 3 aromatic rings. The molecule has 0 amide bonds. The zero-order chi connectivity index (χ0) is 19.7. The van der Waals surface area contributed by atoms with E-state index in [-0.39, 0.29) is 5.56 Å². The summed E-state index contributed by atoms with van der Waals surface area (Å²) in [5, 5.41) is 0.767.